The number of hydrogen-bond acceptors (Lipinski definition) is 3. The van der Waals surface area contributed by atoms with Gasteiger partial charge in [0.2, 0.25) is 11.8 Å². The van der Waals surface area contributed by atoms with Crippen LogP contribution in [0.15, 0.2) is 54.7 Å². The molecular formula is C33H45N3O3. The molecule has 210 valence electrons. The Morgan fingerprint density at radius 2 is 1.77 bits per heavy atom. The highest BCUT2D eigenvalue weighted by molar-refractivity contribution is 5.86. The third-order valence-corrected chi connectivity index (χ3v) is 7.38. The molecule has 6 heteroatoms. The lowest BCUT2D eigenvalue weighted by molar-refractivity contribution is -0.142. The largest absolute Gasteiger partial charge is 0.494 e. The number of rotatable bonds is 13. The lowest BCUT2D eigenvalue weighted by Crippen LogP contribution is -2.44. The molecule has 1 unspecified atom stereocenters. The van der Waals surface area contributed by atoms with E-state index in [4.69, 9.17) is 4.74 Å². The van der Waals surface area contributed by atoms with Crippen molar-refractivity contribution in [1.29, 1.82) is 0 Å². The minimum atomic E-state index is 0.00690. The number of para-hydroxylation sites is 1. The summed E-state index contributed by atoms with van der Waals surface area (Å²) in [6.45, 7) is 12.6. The summed E-state index contributed by atoms with van der Waals surface area (Å²) in [5, 5.41) is 1.19. The second-order valence-electron chi connectivity index (χ2n) is 12.3. The number of ether oxygens (including phenoxy) is 1. The molecule has 1 aliphatic carbocycles. The molecule has 0 radical (unpaired) electrons. The average Bonchev–Trinajstić information content (AvgIpc) is 3.64. The Morgan fingerprint density at radius 1 is 1.05 bits per heavy atom. The van der Waals surface area contributed by atoms with E-state index in [1.807, 2.05) is 59.3 Å². The van der Waals surface area contributed by atoms with Crippen LogP contribution in [0.1, 0.15) is 71.4 Å². The first-order chi connectivity index (χ1) is 18.6. The molecule has 6 nitrogen and oxygen atoms in total. The van der Waals surface area contributed by atoms with Crippen LogP contribution in [-0.2, 0) is 22.6 Å². The summed E-state index contributed by atoms with van der Waals surface area (Å²) >= 11 is 0. The highest BCUT2D eigenvalue weighted by atomic mass is 16.5. The van der Waals surface area contributed by atoms with Gasteiger partial charge in [0.05, 0.1) is 6.61 Å². The first kappa shape index (κ1) is 28.7. The van der Waals surface area contributed by atoms with Crippen LogP contribution >= 0.6 is 0 Å². The van der Waals surface area contributed by atoms with Crippen LogP contribution in [0.3, 0.4) is 0 Å². The molecule has 0 bridgehead atoms. The van der Waals surface area contributed by atoms with Gasteiger partial charge in [-0.3, -0.25) is 9.59 Å². The van der Waals surface area contributed by atoms with Crippen molar-refractivity contribution in [1.82, 2.24) is 14.8 Å². The second-order valence-corrected chi connectivity index (χ2v) is 12.3. The summed E-state index contributed by atoms with van der Waals surface area (Å²) in [6.07, 6.45) is 6.24. The van der Waals surface area contributed by atoms with Crippen molar-refractivity contribution >= 4 is 22.7 Å². The van der Waals surface area contributed by atoms with Gasteiger partial charge in [0.1, 0.15) is 12.3 Å². The number of benzene rings is 2. The maximum Gasteiger partial charge on any atom is 0.242 e. The van der Waals surface area contributed by atoms with E-state index >= 15 is 0 Å². The first-order valence-corrected chi connectivity index (χ1v) is 14.5. The topological polar surface area (TPSA) is 65.6 Å². The molecule has 1 aromatic heterocycles. The molecule has 0 spiro atoms. The highest BCUT2D eigenvalue weighted by Crippen LogP contribution is 2.31. The standard InChI is InChI=1S/C33H45N3O3/c1-6-39-28-15-11-25(12-16-28)22-35(18-17-26-21-34-30-10-8-7-9-29(26)30)32(38)23-36(27-13-14-27)31(37)19-24(2)20-33(3,4)5/h7-12,15-16,21,24,27,34H,6,13-14,17-20,22-23H2,1-5H3. The molecule has 1 atom stereocenters. The predicted octanol–water partition coefficient (Wildman–Crippen LogP) is 6.59. The number of nitrogens with one attached hydrogen (secondary N) is 1. The predicted molar refractivity (Wildman–Crippen MR) is 158 cm³/mol. The van der Waals surface area contributed by atoms with Crippen molar-refractivity contribution in [2.75, 3.05) is 19.7 Å². The lowest BCUT2D eigenvalue weighted by atomic mass is 9.84. The molecule has 39 heavy (non-hydrogen) atoms. The van der Waals surface area contributed by atoms with Gasteiger partial charge >= 0.3 is 0 Å². The molecule has 4 rings (SSSR count). The number of carbonyl (C=O) groups excluding carboxylic acids is 2. The van der Waals surface area contributed by atoms with Crippen LogP contribution in [-0.4, -0.2) is 52.3 Å². The van der Waals surface area contributed by atoms with Gasteiger partial charge in [0.15, 0.2) is 0 Å². The van der Waals surface area contributed by atoms with E-state index < -0.39 is 0 Å². The number of hydrogen-bond donors (Lipinski definition) is 1. The van der Waals surface area contributed by atoms with Crippen molar-refractivity contribution in [2.24, 2.45) is 11.3 Å². The molecule has 0 saturated heterocycles. The Hall–Kier alpha value is -3.28. The molecule has 1 aliphatic rings. The number of nitrogens with zero attached hydrogens (tertiary/aromatic N) is 2. The van der Waals surface area contributed by atoms with Crippen LogP contribution < -0.4 is 4.74 Å². The quantitative estimate of drug-likeness (QED) is 0.271. The number of carbonyl (C=O) groups is 2. The summed E-state index contributed by atoms with van der Waals surface area (Å²) < 4.78 is 5.60. The van der Waals surface area contributed by atoms with Gasteiger partial charge in [-0.25, -0.2) is 0 Å². The third kappa shape index (κ3) is 8.35. The first-order valence-electron chi connectivity index (χ1n) is 14.5. The maximum atomic E-state index is 13.8. The fourth-order valence-electron chi connectivity index (χ4n) is 5.55. The molecule has 2 amide bonds. The zero-order valence-corrected chi connectivity index (χ0v) is 24.3. The van der Waals surface area contributed by atoms with Gasteiger partial charge < -0.3 is 19.5 Å². The Bertz CT molecular complexity index is 1240. The molecule has 0 aliphatic heterocycles. The Balaban J connectivity index is 1.47. The van der Waals surface area contributed by atoms with Crippen molar-refractivity contribution < 1.29 is 14.3 Å². The van der Waals surface area contributed by atoms with E-state index in [0.29, 0.717) is 26.1 Å². The van der Waals surface area contributed by atoms with Gasteiger partial charge in [-0.05, 0) is 73.3 Å². The van der Waals surface area contributed by atoms with Crippen LogP contribution in [0.2, 0.25) is 0 Å². The fraction of sp³-hybridized carbons (Fsp3) is 0.515. The fourth-order valence-corrected chi connectivity index (χ4v) is 5.55. The number of amides is 2. The maximum absolute atomic E-state index is 13.8. The van der Waals surface area contributed by atoms with Gasteiger partial charge in [0, 0.05) is 42.7 Å². The molecule has 2 aromatic carbocycles. The zero-order chi connectivity index (χ0) is 28.0. The Kier molecular flexibility index (Phi) is 9.36. The molecule has 3 aromatic rings. The molecule has 1 N–H and O–H groups in total. The van der Waals surface area contributed by atoms with Gasteiger partial charge in [-0.15, -0.1) is 0 Å². The van der Waals surface area contributed by atoms with Crippen molar-refractivity contribution in [2.45, 2.75) is 79.3 Å². The zero-order valence-electron chi connectivity index (χ0n) is 24.3. The highest BCUT2D eigenvalue weighted by Gasteiger charge is 2.35. The van der Waals surface area contributed by atoms with Crippen LogP contribution in [0.25, 0.3) is 10.9 Å². The lowest BCUT2D eigenvalue weighted by Gasteiger charge is -2.29. The van der Waals surface area contributed by atoms with E-state index in [-0.39, 0.29) is 35.7 Å². The monoisotopic (exact) mass is 531 g/mol. The van der Waals surface area contributed by atoms with E-state index in [2.05, 4.69) is 44.8 Å². The van der Waals surface area contributed by atoms with Crippen LogP contribution in [0.4, 0.5) is 0 Å². The van der Waals surface area contributed by atoms with Crippen molar-refractivity contribution in [3.05, 3.63) is 65.9 Å². The van der Waals surface area contributed by atoms with Gasteiger partial charge in [0.25, 0.3) is 0 Å². The number of H-pyrrole nitrogens is 1. The van der Waals surface area contributed by atoms with Crippen molar-refractivity contribution in [3.63, 3.8) is 0 Å². The minimum Gasteiger partial charge on any atom is -0.494 e. The normalized spacial score (nSPS) is 14.3. The molecule has 1 heterocycles. The number of aromatic amines is 1. The van der Waals surface area contributed by atoms with E-state index in [1.165, 1.54) is 10.9 Å². The molecule has 1 fully saturated rings. The Morgan fingerprint density at radius 3 is 2.44 bits per heavy atom. The SMILES string of the molecule is CCOc1ccc(CN(CCc2c[nH]c3ccccc23)C(=O)CN(C(=O)CC(C)CC(C)(C)C)C2CC2)cc1. The second kappa shape index (κ2) is 12.7. The summed E-state index contributed by atoms with van der Waals surface area (Å²) in [4.78, 5) is 34.3. The van der Waals surface area contributed by atoms with Crippen LogP contribution in [0, 0.1) is 11.3 Å². The number of fused-ring (bicyclic) bond motifs is 1. The van der Waals surface area contributed by atoms with Gasteiger partial charge in [-0.2, -0.15) is 0 Å². The summed E-state index contributed by atoms with van der Waals surface area (Å²) in [5.41, 5.74) is 3.53. The average molecular weight is 532 g/mol. The summed E-state index contributed by atoms with van der Waals surface area (Å²) in [7, 11) is 0. The molecule has 1 saturated carbocycles. The van der Waals surface area contributed by atoms with Crippen LogP contribution in [0.5, 0.6) is 5.75 Å². The minimum absolute atomic E-state index is 0.00690. The van der Waals surface area contributed by atoms with E-state index in [0.717, 1.165) is 42.5 Å². The smallest absolute Gasteiger partial charge is 0.242 e. The summed E-state index contributed by atoms with van der Waals surface area (Å²) in [6, 6.07) is 16.4. The van der Waals surface area contributed by atoms with E-state index in [9.17, 15) is 9.59 Å². The third-order valence-electron chi connectivity index (χ3n) is 7.38. The summed E-state index contributed by atoms with van der Waals surface area (Å²) in [5.74, 6) is 1.23. The Labute approximate surface area is 233 Å². The molecular weight excluding hydrogens is 486 g/mol. The van der Waals surface area contributed by atoms with Crippen molar-refractivity contribution in [3.8, 4) is 5.75 Å². The van der Waals surface area contributed by atoms with Gasteiger partial charge in [-0.1, -0.05) is 58.0 Å². The van der Waals surface area contributed by atoms with E-state index in [1.54, 1.807) is 0 Å². The number of aromatic nitrogens is 1.